The second-order valence-electron chi connectivity index (χ2n) is 12.4. The van der Waals surface area contributed by atoms with Gasteiger partial charge in [0.2, 0.25) is 0 Å². The van der Waals surface area contributed by atoms with Gasteiger partial charge in [-0.3, -0.25) is 9.20 Å². The Morgan fingerprint density at radius 3 is 1.77 bits per heavy atom. The van der Waals surface area contributed by atoms with Crippen LogP contribution in [0.4, 0.5) is 0 Å². The average molecular weight is 614 g/mol. The van der Waals surface area contributed by atoms with Gasteiger partial charge in [0.1, 0.15) is 5.82 Å². The number of pyridine rings is 1. The second kappa shape index (κ2) is 10.2. The van der Waals surface area contributed by atoms with Crippen LogP contribution in [-0.2, 0) is 0 Å². The molecule has 0 fully saturated rings. The highest BCUT2D eigenvalue weighted by atomic mass is 16.1. The maximum absolute atomic E-state index is 13.9. The highest BCUT2D eigenvalue weighted by molar-refractivity contribution is 6.13. The Hall–Kier alpha value is -6.52. The average Bonchev–Trinajstić information content (AvgIpc) is 3.71. The molecule has 0 saturated carbocycles. The summed E-state index contributed by atoms with van der Waals surface area (Å²) in [5.74, 6) is 0.667. The molecule has 0 aliphatic heterocycles. The standard InChI is InChI=1S/C44H27N3O/c48-44-36-17-8-7-15-34(36)38-26-32(27-39-42(38)47(44)43(45-39)30-13-5-2-6-14-30)29-19-22-33(23-20-29)46-40-18-10-9-16-35(40)37-25-31(21-24-41(37)46)28-11-3-1-4-12-28/h1-27H. The lowest BCUT2D eigenvalue weighted by Gasteiger charge is -2.11. The van der Waals surface area contributed by atoms with Gasteiger partial charge in [-0.2, -0.15) is 0 Å². The largest absolute Gasteiger partial charge is 0.309 e. The van der Waals surface area contributed by atoms with E-state index in [1.807, 2.05) is 54.6 Å². The van der Waals surface area contributed by atoms with E-state index in [-0.39, 0.29) is 5.56 Å². The molecule has 0 radical (unpaired) electrons. The molecule has 48 heavy (non-hydrogen) atoms. The van der Waals surface area contributed by atoms with E-state index in [1.54, 1.807) is 4.40 Å². The summed E-state index contributed by atoms with van der Waals surface area (Å²) < 4.78 is 4.15. The lowest BCUT2D eigenvalue weighted by Crippen LogP contribution is -2.14. The van der Waals surface area contributed by atoms with Crippen molar-refractivity contribution in [3.63, 3.8) is 0 Å². The maximum atomic E-state index is 13.9. The summed E-state index contributed by atoms with van der Waals surface area (Å²) in [4.78, 5) is 18.9. The number of para-hydroxylation sites is 1. The normalized spacial score (nSPS) is 11.8. The molecule has 0 amide bonds. The molecule has 10 rings (SSSR count). The van der Waals surface area contributed by atoms with Crippen LogP contribution in [0.15, 0.2) is 169 Å². The highest BCUT2D eigenvalue weighted by Gasteiger charge is 2.20. The molecule has 224 valence electrons. The quantitative estimate of drug-likeness (QED) is 0.185. The zero-order valence-corrected chi connectivity index (χ0v) is 25.8. The van der Waals surface area contributed by atoms with Gasteiger partial charge >= 0.3 is 0 Å². The maximum Gasteiger partial charge on any atom is 0.264 e. The molecule has 3 aromatic heterocycles. The van der Waals surface area contributed by atoms with E-state index >= 15 is 0 Å². The first-order valence-electron chi connectivity index (χ1n) is 16.2. The van der Waals surface area contributed by atoms with Crippen molar-refractivity contribution >= 4 is 49.0 Å². The molecule has 0 spiro atoms. The lowest BCUT2D eigenvalue weighted by atomic mass is 9.99. The van der Waals surface area contributed by atoms with Crippen molar-refractivity contribution in [3.8, 4) is 39.3 Å². The van der Waals surface area contributed by atoms with Crippen LogP contribution < -0.4 is 5.56 Å². The van der Waals surface area contributed by atoms with E-state index < -0.39 is 0 Å². The fourth-order valence-electron chi connectivity index (χ4n) is 7.45. The number of nitrogens with zero attached hydrogens (tertiary/aromatic N) is 3. The summed E-state index contributed by atoms with van der Waals surface area (Å²) in [6.07, 6.45) is 0. The number of benzene rings is 7. The molecule has 0 saturated heterocycles. The first-order valence-corrected chi connectivity index (χ1v) is 16.2. The number of aromatic nitrogens is 3. The SMILES string of the molecule is O=c1c2ccccc2c2cc(-c3ccc(-n4c5ccccc5c5cc(-c6ccccc6)ccc54)cc3)cc3nc(-c4ccccc4)n1c32. The van der Waals surface area contributed by atoms with Crippen LogP contribution in [-0.4, -0.2) is 14.0 Å². The Morgan fingerprint density at radius 2 is 1.00 bits per heavy atom. The van der Waals surface area contributed by atoms with Gasteiger partial charge in [-0.25, -0.2) is 4.98 Å². The van der Waals surface area contributed by atoms with Gasteiger partial charge in [0.25, 0.3) is 5.56 Å². The molecule has 0 bridgehead atoms. The molecule has 0 N–H and O–H groups in total. The summed E-state index contributed by atoms with van der Waals surface area (Å²) in [6.45, 7) is 0. The predicted octanol–water partition coefficient (Wildman–Crippen LogP) is 10.5. The first-order chi connectivity index (χ1) is 23.7. The van der Waals surface area contributed by atoms with E-state index in [0.29, 0.717) is 11.2 Å². The number of rotatable bonds is 4. The summed E-state index contributed by atoms with van der Waals surface area (Å²) in [6, 6.07) is 56.9. The van der Waals surface area contributed by atoms with Crippen LogP contribution >= 0.6 is 0 Å². The minimum atomic E-state index is -0.0429. The third kappa shape index (κ3) is 3.90. The Balaban J connectivity index is 1.15. The van der Waals surface area contributed by atoms with Gasteiger partial charge in [-0.15, -0.1) is 0 Å². The monoisotopic (exact) mass is 613 g/mol. The van der Waals surface area contributed by atoms with Crippen molar-refractivity contribution in [2.45, 2.75) is 0 Å². The first kappa shape index (κ1) is 26.7. The molecule has 10 aromatic rings. The molecule has 3 heterocycles. The molecular formula is C44H27N3O. The van der Waals surface area contributed by atoms with Crippen molar-refractivity contribution in [1.82, 2.24) is 14.0 Å². The number of hydrogen-bond donors (Lipinski definition) is 0. The van der Waals surface area contributed by atoms with Gasteiger partial charge in [0, 0.05) is 32.8 Å². The Labute approximate surface area is 275 Å². The predicted molar refractivity (Wildman–Crippen MR) is 198 cm³/mol. The van der Waals surface area contributed by atoms with Crippen LogP contribution in [0.1, 0.15) is 0 Å². The van der Waals surface area contributed by atoms with Crippen LogP contribution in [0.25, 0.3) is 88.3 Å². The van der Waals surface area contributed by atoms with Crippen LogP contribution in [0.3, 0.4) is 0 Å². The van der Waals surface area contributed by atoms with Crippen LogP contribution in [0.2, 0.25) is 0 Å². The zero-order chi connectivity index (χ0) is 31.8. The highest BCUT2D eigenvalue weighted by Crippen LogP contribution is 2.37. The van der Waals surface area contributed by atoms with E-state index in [1.165, 1.54) is 32.9 Å². The summed E-state index contributed by atoms with van der Waals surface area (Å²) >= 11 is 0. The topological polar surface area (TPSA) is 39.3 Å². The molecule has 7 aromatic carbocycles. The summed E-state index contributed by atoms with van der Waals surface area (Å²) in [5.41, 5.74) is 10.6. The van der Waals surface area contributed by atoms with E-state index in [4.69, 9.17) is 4.98 Å². The van der Waals surface area contributed by atoms with E-state index in [0.717, 1.165) is 44.2 Å². The van der Waals surface area contributed by atoms with Crippen molar-refractivity contribution in [3.05, 3.63) is 174 Å². The fraction of sp³-hybridized carbons (Fsp3) is 0. The molecule has 0 aliphatic carbocycles. The molecule has 0 aliphatic rings. The third-order valence-electron chi connectivity index (χ3n) is 9.67. The third-order valence-corrected chi connectivity index (χ3v) is 9.67. The van der Waals surface area contributed by atoms with Gasteiger partial charge in [0.05, 0.1) is 22.1 Å². The van der Waals surface area contributed by atoms with Crippen molar-refractivity contribution in [2.75, 3.05) is 0 Å². The number of hydrogen-bond acceptors (Lipinski definition) is 2. The minimum Gasteiger partial charge on any atom is -0.309 e. The van der Waals surface area contributed by atoms with E-state index in [9.17, 15) is 4.79 Å². The molecular weight excluding hydrogens is 587 g/mol. The Bertz CT molecular complexity index is 2890. The zero-order valence-electron chi connectivity index (χ0n) is 25.8. The van der Waals surface area contributed by atoms with Gasteiger partial charge in [-0.1, -0.05) is 115 Å². The summed E-state index contributed by atoms with van der Waals surface area (Å²) in [7, 11) is 0. The van der Waals surface area contributed by atoms with Crippen LogP contribution in [0.5, 0.6) is 0 Å². The minimum absolute atomic E-state index is 0.0429. The summed E-state index contributed by atoms with van der Waals surface area (Å²) in [5, 5.41) is 5.12. The Kier molecular flexibility index (Phi) is 5.69. The number of imidazole rings is 1. The Morgan fingerprint density at radius 1 is 0.417 bits per heavy atom. The van der Waals surface area contributed by atoms with Gasteiger partial charge in [0.15, 0.2) is 0 Å². The molecule has 0 atom stereocenters. The van der Waals surface area contributed by atoms with Gasteiger partial charge in [-0.05, 0) is 76.2 Å². The second-order valence-corrected chi connectivity index (χ2v) is 12.4. The van der Waals surface area contributed by atoms with Crippen molar-refractivity contribution in [1.29, 1.82) is 0 Å². The van der Waals surface area contributed by atoms with Crippen molar-refractivity contribution < 1.29 is 0 Å². The van der Waals surface area contributed by atoms with Crippen molar-refractivity contribution in [2.24, 2.45) is 0 Å². The fourth-order valence-corrected chi connectivity index (χ4v) is 7.45. The molecule has 0 unspecified atom stereocenters. The van der Waals surface area contributed by atoms with E-state index in [2.05, 4.69) is 114 Å². The lowest BCUT2D eigenvalue weighted by molar-refractivity contribution is 1.13. The smallest absolute Gasteiger partial charge is 0.264 e. The van der Waals surface area contributed by atoms with Gasteiger partial charge < -0.3 is 4.57 Å². The molecule has 4 nitrogen and oxygen atoms in total. The number of fused-ring (bicyclic) bond motifs is 5. The molecule has 4 heteroatoms. The van der Waals surface area contributed by atoms with Crippen LogP contribution in [0, 0.1) is 0 Å².